The maximum atomic E-state index is 12.5. The smallest absolute Gasteiger partial charge is 0.252 e. The van der Waals surface area contributed by atoms with Gasteiger partial charge in [0.15, 0.2) is 0 Å². The quantitative estimate of drug-likeness (QED) is 0.495. The number of hydrogen-bond donors (Lipinski definition) is 1. The summed E-state index contributed by atoms with van der Waals surface area (Å²) in [6, 6.07) is 19.8. The van der Waals surface area contributed by atoms with Crippen LogP contribution in [0.25, 0.3) is 5.95 Å². The van der Waals surface area contributed by atoms with Gasteiger partial charge in [-0.05, 0) is 36.2 Å². The first-order valence-corrected chi connectivity index (χ1v) is 11.3. The van der Waals surface area contributed by atoms with E-state index in [0.717, 1.165) is 28.1 Å². The fraction of sp³-hybridized carbons (Fsp3) is 0.167. The molecule has 0 spiro atoms. The summed E-state index contributed by atoms with van der Waals surface area (Å²) in [6.07, 6.45) is 3.31. The highest BCUT2D eigenvalue weighted by atomic mass is 32.2. The fourth-order valence-corrected chi connectivity index (χ4v) is 4.88. The summed E-state index contributed by atoms with van der Waals surface area (Å²) in [7, 11) is 0. The van der Waals surface area contributed by atoms with Gasteiger partial charge in [-0.1, -0.05) is 42.5 Å². The number of aromatic nitrogens is 4. The first kappa shape index (κ1) is 20.3. The molecule has 2 aromatic heterocycles. The molecule has 1 N–H and O–H groups in total. The number of anilines is 1. The van der Waals surface area contributed by atoms with Crippen molar-refractivity contribution in [3.05, 3.63) is 95.4 Å². The molecule has 1 aliphatic heterocycles. The normalized spacial score (nSPS) is 15.5. The SMILES string of the molecule is Cc1nn(-c2ncccn2)c2c1C(c1cccc(OCc3ccccc3)c1)SCC(=O)N2. The van der Waals surface area contributed by atoms with Crippen molar-refractivity contribution in [2.24, 2.45) is 0 Å². The number of carbonyl (C=O) groups excluding carboxylic acids is 1. The van der Waals surface area contributed by atoms with Crippen molar-refractivity contribution in [2.75, 3.05) is 11.1 Å². The Morgan fingerprint density at radius 1 is 1.09 bits per heavy atom. The number of nitrogens with one attached hydrogen (secondary N) is 1. The molecule has 0 saturated heterocycles. The number of thioether (sulfide) groups is 1. The molecule has 8 heteroatoms. The van der Waals surface area contributed by atoms with Gasteiger partial charge >= 0.3 is 0 Å². The van der Waals surface area contributed by atoms with E-state index in [2.05, 4.69) is 26.4 Å². The lowest BCUT2D eigenvalue weighted by Gasteiger charge is -2.16. The van der Waals surface area contributed by atoms with Gasteiger partial charge in [0.2, 0.25) is 5.91 Å². The molecule has 160 valence electrons. The van der Waals surface area contributed by atoms with E-state index >= 15 is 0 Å². The first-order valence-electron chi connectivity index (χ1n) is 10.2. The largest absolute Gasteiger partial charge is 0.489 e. The van der Waals surface area contributed by atoms with Crippen LogP contribution in [0.4, 0.5) is 5.82 Å². The third-order valence-electron chi connectivity index (χ3n) is 5.16. The number of hydrogen-bond acceptors (Lipinski definition) is 6. The van der Waals surface area contributed by atoms with Gasteiger partial charge in [0, 0.05) is 18.0 Å². The molecule has 1 atom stereocenters. The van der Waals surface area contributed by atoms with E-state index in [-0.39, 0.29) is 11.2 Å². The van der Waals surface area contributed by atoms with Crippen molar-refractivity contribution in [3.63, 3.8) is 0 Å². The van der Waals surface area contributed by atoms with E-state index in [4.69, 9.17) is 4.74 Å². The predicted octanol–water partition coefficient (Wildman–Crippen LogP) is 4.32. The van der Waals surface area contributed by atoms with Crippen LogP contribution in [-0.4, -0.2) is 31.4 Å². The summed E-state index contributed by atoms with van der Waals surface area (Å²) < 4.78 is 7.64. The average Bonchev–Trinajstić information content (AvgIpc) is 3.04. The Morgan fingerprint density at radius 2 is 1.91 bits per heavy atom. The average molecular weight is 444 g/mol. The zero-order valence-electron chi connectivity index (χ0n) is 17.4. The second-order valence-corrected chi connectivity index (χ2v) is 8.49. The molecule has 0 bridgehead atoms. The van der Waals surface area contributed by atoms with Crippen molar-refractivity contribution in [3.8, 4) is 11.7 Å². The monoisotopic (exact) mass is 443 g/mol. The predicted molar refractivity (Wildman–Crippen MR) is 124 cm³/mol. The molecule has 1 amide bonds. The van der Waals surface area contributed by atoms with Crippen LogP contribution < -0.4 is 10.1 Å². The minimum absolute atomic E-state index is 0.0766. The molecule has 7 nitrogen and oxygen atoms in total. The fourth-order valence-electron chi connectivity index (χ4n) is 3.70. The zero-order chi connectivity index (χ0) is 21.9. The summed E-state index contributed by atoms with van der Waals surface area (Å²) >= 11 is 1.57. The highest BCUT2D eigenvalue weighted by Crippen LogP contribution is 2.44. The number of ether oxygens (including phenoxy) is 1. The topological polar surface area (TPSA) is 81.9 Å². The van der Waals surface area contributed by atoms with Crippen LogP contribution in [0.1, 0.15) is 27.6 Å². The Balaban J connectivity index is 1.50. The van der Waals surface area contributed by atoms with Crippen LogP contribution in [0, 0.1) is 6.92 Å². The number of rotatable bonds is 5. The van der Waals surface area contributed by atoms with Crippen LogP contribution in [0.15, 0.2) is 73.1 Å². The maximum Gasteiger partial charge on any atom is 0.252 e. The third kappa shape index (κ3) is 4.09. The van der Waals surface area contributed by atoms with E-state index in [9.17, 15) is 4.79 Å². The number of aryl methyl sites for hydroxylation is 1. The highest BCUT2D eigenvalue weighted by molar-refractivity contribution is 8.00. The third-order valence-corrected chi connectivity index (χ3v) is 6.43. The molecule has 0 aliphatic carbocycles. The van der Waals surface area contributed by atoms with Gasteiger partial charge in [-0.3, -0.25) is 4.79 Å². The molecule has 2 aromatic carbocycles. The molecule has 1 aliphatic rings. The Labute approximate surface area is 189 Å². The molecule has 1 unspecified atom stereocenters. The maximum absolute atomic E-state index is 12.5. The second kappa shape index (κ2) is 8.84. The van der Waals surface area contributed by atoms with Crippen LogP contribution in [-0.2, 0) is 11.4 Å². The van der Waals surface area contributed by atoms with E-state index in [1.165, 1.54) is 0 Å². The molecule has 4 aromatic rings. The molecule has 0 radical (unpaired) electrons. The van der Waals surface area contributed by atoms with Gasteiger partial charge in [-0.15, -0.1) is 11.8 Å². The van der Waals surface area contributed by atoms with Crippen molar-refractivity contribution in [1.82, 2.24) is 19.7 Å². The standard InChI is InChI=1S/C24H21N5O2S/c1-16-21-22(18-9-5-10-19(13-18)31-14-17-7-3-2-4-8-17)32-15-20(30)27-23(21)29(28-16)24-25-11-6-12-26-24/h2-13,22H,14-15H2,1H3,(H,27,30). The number of benzene rings is 2. The number of amides is 1. The molecule has 0 fully saturated rings. The second-order valence-electron chi connectivity index (χ2n) is 7.39. The first-order chi connectivity index (χ1) is 15.7. The summed E-state index contributed by atoms with van der Waals surface area (Å²) in [4.78, 5) is 21.1. The summed E-state index contributed by atoms with van der Waals surface area (Å²) in [5.74, 6) is 2.08. The Hall–Kier alpha value is -3.65. The Morgan fingerprint density at radius 3 is 2.72 bits per heavy atom. The van der Waals surface area contributed by atoms with Crippen molar-refractivity contribution >= 4 is 23.5 Å². The van der Waals surface area contributed by atoms with Gasteiger partial charge in [0.25, 0.3) is 5.95 Å². The van der Waals surface area contributed by atoms with Gasteiger partial charge in [0.05, 0.1) is 16.7 Å². The van der Waals surface area contributed by atoms with Crippen molar-refractivity contribution in [2.45, 2.75) is 18.8 Å². The van der Waals surface area contributed by atoms with E-state index in [1.54, 1.807) is 34.9 Å². The van der Waals surface area contributed by atoms with Gasteiger partial charge in [0.1, 0.15) is 18.2 Å². The van der Waals surface area contributed by atoms with Gasteiger partial charge in [-0.25, -0.2) is 9.97 Å². The van der Waals surface area contributed by atoms with E-state index in [0.29, 0.717) is 24.1 Å². The summed E-state index contributed by atoms with van der Waals surface area (Å²) in [5.41, 5.74) is 3.94. The highest BCUT2D eigenvalue weighted by Gasteiger charge is 2.31. The van der Waals surface area contributed by atoms with Gasteiger partial charge < -0.3 is 10.1 Å². The Kier molecular flexibility index (Phi) is 5.60. The number of fused-ring (bicyclic) bond motifs is 1. The minimum Gasteiger partial charge on any atom is -0.489 e. The number of nitrogens with zero attached hydrogens (tertiary/aromatic N) is 4. The van der Waals surface area contributed by atoms with Crippen molar-refractivity contribution in [1.29, 1.82) is 0 Å². The molecule has 5 rings (SSSR count). The molecule has 3 heterocycles. The molecule has 32 heavy (non-hydrogen) atoms. The molecular formula is C24H21N5O2S. The van der Waals surface area contributed by atoms with Crippen LogP contribution in [0.3, 0.4) is 0 Å². The Bertz CT molecular complexity index is 1240. The number of carbonyl (C=O) groups is 1. The lowest BCUT2D eigenvalue weighted by molar-refractivity contribution is -0.113. The minimum atomic E-state index is -0.0818. The van der Waals surface area contributed by atoms with Crippen LogP contribution in [0.5, 0.6) is 5.75 Å². The van der Waals surface area contributed by atoms with Crippen LogP contribution in [0.2, 0.25) is 0 Å². The van der Waals surface area contributed by atoms with Crippen molar-refractivity contribution < 1.29 is 9.53 Å². The lowest BCUT2D eigenvalue weighted by Crippen LogP contribution is -2.16. The molecule has 0 saturated carbocycles. The van der Waals surface area contributed by atoms with E-state index < -0.39 is 0 Å². The summed E-state index contributed by atoms with van der Waals surface area (Å²) in [6.45, 7) is 2.44. The lowest BCUT2D eigenvalue weighted by atomic mass is 10.0. The van der Waals surface area contributed by atoms with Gasteiger partial charge in [-0.2, -0.15) is 9.78 Å². The zero-order valence-corrected chi connectivity index (χ0v) is 18.2. The van der Waals surface area contributed by atoms with Crippen LogP contribution >= 0.6 is 11.8 Å². The summed E-state index contributed by atoms with van der Waals surface area (Å²) in [5, 5.41) is 7.56. The van der Waals surface area contributed by atoms with E-state index in [1.807, 2.05) is 55.5 Å². The molecular weight excluding hydrogens is 422 g/mol.